The zero-order valence-corrected chi connectivity index (χ0v) is 18.0. The van der Waals surface area contributed by atoms with Gasteiger partial charge in [-0.3, -0.25) is 29.3 Å². The van der Waals surface area contributed by atoms with Crippen LogP contribution in [0.1, 0.15) is 32.4 Å². The van der Waals surface area contributed by atoms with Crippen LogP contribution in [0.4, 0.5) is 11.4 Å². The SMILES string of the molecule is O=C1[C@@H]2[C@@H](c3ccccc3)OC3(C(=O)c4ccccc4C3=O)[C@H]2C(=O)N1c1cccc([N+](=O)[O-])c1. The molecule has 3 aromatic carbocycles. The lowest BCUT2D eigenvalue weighted by Crippen LogP contribution is -2.51. The number of fused-ring (bicyclic) bond motifs is 3. The van der Waals surface area contributed by atoms with Gasteiger partial charge in [-0.05, 0) is 11.6 Å². The highest BCUT2D eigenvalue weighted by molar-refractivity contribution is 6.37. The molecule has 1 spiro atoms. The molecule has 2 saturated heterocycles. The lowest BCUT2D eigenvalue weighted by Gasteiger charge is -2.27. The number of Topliss-reactive ketones (excluding diaryl/α,β-unsaturated/α-hetero) is 2. The first-order valence-electron chi connectivity index (χ1n) is 10.9. The van der Waals surface area contributed by atoms with Crippen LogP contribution < -0.4 is 4.90 Å². The number of carbonyl (C=O) groups is 4. The van der Waals surface area contributed by atoms with Gasteiger partial charge < -0.3 is 4.74 Å². The molecule has 0 aromatic heterocycles. The summed E-state index contributed by atoms with van der Waals surface area (Å²) in [6.07, 6.45) is -1.04. The lowest BCUT2D eigenvalue weighted by atomic mass is 9.77. The average molecular weight is 468 g/mol. The predicted octanol–water partition coefficient (Wildman–Crippen LogP) is 3.29. The van der Waals surface area contributed by atoms with Crippen LogP contribution >= 0.6 is 0 Å². The number of nitro groups is 1. The summed E-state index contributed by atoms with van der Waals surface area (Å²) in [6.45, 7) is 0. The largest absolute Gasteiger partial charge is 0.349 e. The van der Waals surface area contributed by atoms with E-state index in [9.17, 15) is 29.3 Å². The third-order valence-corrected chi connectivity index (χ3v) is 6.95. The first-order valence-corrected chi connectivity index (χ1v) is 10.9. The zero-order chi connectivity index (χ0) is 24.5. The van der Waals surface area contributed by atoms with Crippen LogP contribution in [0.2, 0.25) is 0 Å². The number of imide groups is 1. The van der Waals surface area contributed by atoms with Crippen LogP contribution in [0.15, 0.2) is 78.9 Å². The molecule has 3 aliphatic rings. The van der Waals surface area contributed by atoms with Crippen molar-refractivity contribution in [2.24, 2.45) is 11.8 Å². The van der Waals surface area contributed by atoms with Crippen molar-refractivity contribution in [3.63, 3.8) is 0 Å². The Kier molecular flexibility index (Phi) is 4.36. The number of hydrogen-bond acceptors (Lipinski definition) is 7. The molecule has 3 aromatic rings. The molecule has 0 N–H and O–H groups in total. The van der Waals surface area contributed by atoms with Crippen molar-refractivity contribution < 1.29 is 28.8 Å². The maximum absolute atomic E-state index is 13.8. The van der Waals surface area contributed by atoms with Gasteiger partial charge in [-0.1, -0.05) is 60.7 Å². The third kappa shape index (κ3) is 2.66. The van der Waals surface area contributed by atoms with Gasteiger partial charge in [0.1, 0.15) is 0 Å². The quantitative estimate of drug-likeness (QED) is 0.250. The number of nitrogens with zero attached hydrogens (tertiary/aromatic N) is 2. The van der Waals surface area contributed by atoms with Crippen LogP contribution in [0.3, 0.4) is 0 Å². The van der Waals surface area contributed by atoms with E-state index < -0.39 is 51.8 Å². The highest BCUT2D eigenvalue weighted by Gasteiger charge is 2.74. The van der Waals surface area contributed by atoms with E-state index in [1.807, 2.05) is 0 Å². The minimum atomic E-state index is -2.18. The number of rotatable bonds is 3. The van der Waals surface area contributed by atoms with Crippen LogP contribution in [-0.4, -0.2) is 33.9 Å². The normalized spacial score (nSPS) is 24.2. The first kappa shape index (κ1) is 21.1. The topological polar surface area (TPSA) is 124 Å². The van der Waals surface area contributed by atoms with E-state index in [2.05, 4.69) is 0 Å². The molecule has 172 valence electrons. The molecule has 35 heavy (non-hydrogen) atoms. The Balaban J connectivity index is 1.54. The monoisotopic (exact) mass is 468 g/mol. The molecule has 0 unspecified atom stereocenters. The number of nitro benzene ring substituents is 1. The number of ketones is 2. The summed E-state index contributed by atoms with van der Waals surface area (Å²) in [5.41, 5.74) is -1.67. The molecule has 1 aliphatic carbocycles. The van der Waals surface area contributed by atoms with Gasteiger partial charge in [0, 0.05) is 23.3 Å². The number of carbonyl (C=O) groups excluding carboxylic acids is 4. The smallest absolute Gasteiger partial charge is 0.271 e. The van der Waals surface area contributed by atoms with Crippen LogP contribution in [-0.2, 0) is 14.3 Å². The molecule has 2 amide bonds. The van der Waals surface area contributed by atoms with Crippen molar-refractivity contribution in [3.8, 4) is 0 Å². The molecule has 2 fully saturated rings. The fourth-order valence-corrected chi connectivity index (χ4v) is 5.46. The van der Waals surface area contributed by atoms with E-state index in [1.165, 1.54) is 30.3 Å². The summed E-state index contributed by atoms with van der Waals surface area (Å²) < 4.78 is 6.18. The van der Waals surface area contributed by atoms with Gasteiger partial charge in [0.2, 0.25) is 29.0 Å². The number of benzene rings is 3. The summed E-state index contributed by atoms with van der Waals surface area (Å²) in [4.78, 5) is 66.4. The summed E-state index contributed by atoms with van der Waals surface area (Å²) >= 11 is 0. The van der Waals surface area contributed by atoms with Gasteiger partial charge >= 0.3 is 0 Å². The van der Waals surface area contributed by atoms with Gasteiger partial charge in [0.15, 0.2) is 0 Å². The van der Waals surface area contributed by atoms with Gasteiger partial charge in [0.25, 0.3) is 5.69 Å². The lowest BCUT2D eigenvalue weighted by molar-refractivity contribution is -0.384. The van der Waals surface area contributed by atoms with Crippen LogP contribution in [0.25, 0.3) is 0 Å². The Bertz CT molecular complexity index is 1430. The third-order valence-electron chi connectivity index (χ3n) is 6.95. The van der Waals surface area contributed by atoms with Crippen molar-refractivity contribution in [3.05, 3.63) is 106 Å². The number of ether oxygens (including phenoxy) is 1. The molecule has 9 nitrogen and oxygen atoms in total. The van der Waals surface area contributed by atoms with Gasteiger partial charge in [-0.25, -0.2) is 4.90 Å². The molecule has 2 heterocycles. The highest BCUT2D eigenvalue weighted by Crippen LogP contribution is 2.57. The molecular weight excluding hydrogens is 452 g/mol. The fourth-order valence-electron chi connectivity index (χ4n) is 5.46. The molecule has 9 heteroatoms. The number of hydrogen-bond donors (Lipinski definition) is 0. The zero-order valence-electron chi connectivity index (χ0n) is 18.0. The average Bonchev–Trinajstić information content (AvgIpc) is 3.44. The Labute approximate surface area is 198 Å². The van der Waals surface area contributed by atoms with E-state index in [0.717, 1.165) is 11.0 Å². The maximum Gasteiger partial charge on any atom is 0.271 e. The predicted molar refractivity (Wildman–Crippen MR) is 121 cm³/mol. The Morgan fingerprint density at radius 1 is 0.800 bits per heavy atom. The van der Waals surface area contributed by atoms with Gasteiger partial charge in [0.05, 0.1) is 28.6 Å². The summed E-state index contributed by atoms with van der Waals surface area (Å²) in [6, 6.07) is 20.0. The van der Waals surface area contributed by atoms with Crippen molar-refractivity contribution >= 4 is 34.8 Å². The first-order chi connectivity index (χ1) is 16.9. The minimum Gasteiger partial charge on any atom is -0.349 e. The second kappa shape index (κ2) is 7.25. The summed E-state index contributed by atoms with van der Waals surface area (Å²) in [5.74, 6) is -5.36. The van der Waals surface area contributed by atoms with Crippen molar-refractivity contribution in [2.75, 3.05) is 4.90 Å². The highest BCUT2D eigenvalue weighted by atomic mass is 16.6. The van der Waals surface area contributed by atoms with Crippen molar-refractivity contribution in [1.29, 1.82) is 0 Å². The standard InChI is InChI=1S/C26H16N2O7/c29-22-17-11-4-5-12-18(17)23(30)26(22)20-19(21(35-26)14-7-2-1-3-8-14)24(31)27(25(20)32)15-9-6-10-16(13-15)28(33)34/h1-13,19-21H/t19-,20+,21+/m0/s1. The molecule has 0 saturated carbocycles. The van der Waals surface area contributed by atoms with Crippen molar-refractivity contribution in [2.45, 2.75) is 11.7 Å². The molecule has 3 atom stereocenters. The van der Waals surface area contributed by atoms with Gasteiger partial charge in [-0.15, -0.1) is 0 Å². The second-order valence-electron chi connectivity index (χ2n) is 8.68. The number of non-ortho nitro benzene ring substituents is 1. The Morgan fingerprint density at radius 2 is 1.43 bits per heavy atom. The summed E-state index contributed by atoms with van der Waals surface area (Å²) in [5, 5.41) is 11.3. The van der Waals surface area contributed by atoms with E-state index in [4.69, 9.17) is 4.74 Å². The number of amides is 2. The number of anilines is 1. The summed E-state index contributed by atoms with van der Waals surface area (Å²) in [7, 11) is 0. The van der Waals surface area contributed by atoms with E-state index in [-0.39, 0.29) is 22.5 Å². The molecule has 0 radical (unpaired) electrons. The Morgan fingerprint density at radius 3 is 2.06 bits per heavy atom. The fraction of sp³-hybridized carbons (Fsp3) is 0.154. The minimum absolute atomic E-state index is 0.000899. The molecule has 0 bridgehead atoms. The van der Waals surface area contributed by atoms with E-state index in [1.54, 1.807) is 42.5 Å². The van der Waals surface area contributed by atoms with Crippen molar-refractivity contribution in [1.82, 2.24) is 0 Å². The van der Waals surface area contributed by atoms with Crippen LogP contribution in [0.5, 0.6) is 0 Å². The molecule has 2 aliphatic heterocycles. The maximum atomic E-state index is 13.8. The Hall–Kier alpha value is -4.50. The molecular formula is C26H16N2O7. The van der Waals surface area contributed by atoms with Crippen LogP contribution in [0, 0.1) is 22.0 Å². The second-order valence-corrected chi connectivity index (χ2v) is 8.68. The van der Waals surface area contributed by atoms with E-state index >= 15 is 0 Å². The van der Waals surface area contributed by atoms with E-state index in [0.29, 0.717) is 5.56 Å². The van der Waals surface area contributed by atoms with Gasteiger partial charge in [-0.2, -0.15) is 0 Å². The molecule has 6 rings (SSSR count).